The van der Waals surface area contributed by atoms with E-state index in [1.165, 1.54) is 37.4 Å². The molecule has 0 fully saturated rings. The number of halogens is 3. The van der Waals surface area contributed by atoms with Gasteiger partial charge in [-0.3, -0.25) is 4.79 Å². The second-order valence-electron chi connectivity index (χ2n) is 6.01. The SMILES string of the molecule is COc1cc(C(=O)NCC(O)c2ccccc2C(F)(F)F)cc2c1OCCO2. The van der Waals surface area contributed by atoms with Crippen molar-refractivity contribution in [2.24, 2.45) is 0 Å². The van der Waals surface area contributed by atoms with Crippen molar-refractivity contribution < 1.29 is 37.3 Å². The lowest BCUT2D eigenvalue weighted by molar-refractivity contribution is -0.139. The van der Waals surface area contributed by atoms with Crippen molar-refractivity contribution in [2.45, 2.75) is 12.3 Å². The number of carbonyl (C=O) groups is 1. The fourth-order valence-corrected chi connectivity index (χ4v) is 2.85. The van der Waals surface area contributed by atoms with Crippen LogP contribution in [-0.4, -0.2) is 37.9 Å². The Kier molecular flexibility index (Phi) is 5.64. The molecule has 2 N–H and O–H groups in total. The predicted molar refractivity (Wildman–Crippen MR) is 92.7 cm³/mol. The van der Waals surface area contributed by atoms with E-state index < -0.39 is 30.3 Å². The van der Waals surface area contributed by atoms with Crippen molar-refractivity contribution in [1.29, 1.82) is 0 Å². The molecule has 0 aliphatic carbocycles. The number of rotatable bonds is 5. The number of fused-ring (bicyclic) bond motifs is 1. The zero-order valence-electron chi connectivity index (χ0n) is 14.9. The number of methoxy groups -OCH3 is 1. The van der Waals surface area contributed by atoms with Gasteiger partial charge in [-0.05, 0) is 23.8 Å². The third-order valence-corrected chi connectivity index (χ3v) is 4.17. The minimum absolute atomic E-state index is 0.164. The van der Waals surface area contributed by atoms with Crippen molar-refractivity contribution in [2.75, 3.05) is 26.9 Å². The maximum Gasteiger partial charge on any atom is 0.416 e. The third-order valence-electron chi connectivity index (χ3n) is 4.17. The van der Waals surface area contributed by atoms with Gasteiger partial charge in [-0.2, -0.15) is 13.2 Å². The summed E-state index contributed by atoms with van der Waals surface area (Å²) < 4.78 is 55.3. The van der Waals surface area contributed by atoms with Crippen LogP contribution < -0.4 is 19.5 Å². The van der Waals surface area contributed by atoms with Crippen molar-refractivity contribution in [1.82, 2.24) is 5.32 Å². The largest absolute Gasteiger partial charge is 0.493 e. The van der Waals surface area contributed by atoms with Crippen LogP contribution in [0.25, 0.3) is 0 Å². The molecule has 2 aromatic carbocycles. The van der Waals surface area contributed by atoms with Crippen LogP contribution in [0.15, 0.2) is 36.4 Å². The summed E-state index contributed by atoms with van der Waals surface area (Å²) in [5, 5.41) is 12.6. The van der Waals surface area contributed by atoms with E-state index >= 15 is 0 Å². The van der Waals surface area contributed by atoms with Crippen LogP contribution >= 0.6 is 0 Å². The lowest BCUT2D eigenvalue weighted by Crippen LogP contribution is -2.29. The van der Waals surface area contributed by atoms with E-state index in [0.29, 0.717) is 30.5 Å². The molecule has 0 spiro atoms. The monoisotopic (exact) mass is 397 g/mol. The van der Waals surface area contributed by atoms with Crippen LogP contribution in [0.2, 0.25) is 0 Å². The molecule has 0 radical (unpaired) electrons. The standard InChI is InChI=1S/C19H18F3NO5/c1-26-15-8-11(9-16-17(15)28-7-6-27-16)18(25)23-10-14(24)12-4-2-3-5-13(12)19(20,21)22/h2-5,8-9,14,24H,6-7,10H2,1H3,(H,23,25). The van der Waals surface area contributed by atoms with E-state index in [2.05, 4.69) is 5.32 Å². The molecule has 0 aromatic heterocycles. The van der Waals surface area contributed by atoms with Crippen molar-refractivity contribution in [3.05, 3.63) is 53.1 Å². The number of hydrogen-bond donors (Lipinski definition) is 2. The quantitative estimate of drug-likeness (QED) is 0.811. The molecular weight excluding hydrogens is 379 g/mol. The maximum absolute atomic E-state index is 13.1. The van der Waals surface area contributed by atoms with Gasteiger partial charge in [0.05, 0.1) is 18.8 Å². The first-order chi connectivity index (χ1) is 13.3. The van der Waals surface area contributed by atoms with E-state index in [1.54, 1.807) is 0 Å². The number of benzene rings is 2. The van der Waals surface area contributed by atoms with Crippen LogP contribution in [0.5, 0.6) is 17.2 Å². The highest BCUT2D eigenvalue weighted by molar-refractivity contribution is 5.95. The Balaban J connectivity index is 1.75. The molecule has 1 amide bonds. The fraction of sp³-hybridized carbons (Fsp3) is 0.316. The highest BCUT2D eigenvalue weighted by Gasteiger charge is 2.34. The van der Waals surface area contributed by atoms with Gasteiger partial charge in [-0.25, -0.2) is 0 Å². The molecule has 150 valence electrons. The topological polar surface area (TPSA) is 77.0 Å². The molecule has 1 unspecified atom stereocenters. The fourth-order valence-electron chi connectivity index (χ4n) is 2.85. The van der Waals surface area contributed by atoms with Gasteiger partial charge in [0, 0.05) is 12.1 Å². The number of ether oxygens (including phenoxy) is 3. The van der Waals surface area contributed by atoms with Crippen LogP contribution in [0, 0.1) is 0 Å². The van der Waals surface area contributed by atoms with Crippen molar-refractivity contribution in [3.8, 4) is 17.2 Å². The van der Waals surface area contributed by atoms with Crippen LogP contribution in [0.3, 0.4) is 0 Å². The number of aliphatic hydroxyl groups is 1. The van der Waals surface area contributed by atoms with E-state index in [1.807, 2.05) is 0 Å². The Morgan fingerprint density at radius 3 is 2.68 bits per heavy atom. The van der Waals surface area contributed by atoms with Gasteiger partial charge in [0.2, 0.25) is 5.75 Å². The first kappa shape index (κ1) is 19.8. The molecule has 9 heteroatoms. The van der Waals surface area contributed by atoms with E-state index in [9.17, 15) is 23.1 Å². The average molecular weight is 397 g/mol. The summed E-state index contributed by atoms with van der Waals surface area (Å²) in [6, 6.07) is 7.56. The Morgan fingerprint density at radius 2 is 1.96 bits per heavy atom. The second kappa shape index (κ2) is 7.97. The van der Waals surface area contributed by atoms with Crippen LogP contribution in [0.1, 0.15) is 27.6 Å². The van der Waals surface area contributed by atoms with E-state index in [4.69, 9.17) is 14.2 Å². The molecule has 0 bridgehead atoms. The number of nitrogens with one attached hydrogen (secondary N) is 1. The van der Waals surface area contributed by atoms with Crippen LogP contribution in [-0.2, 0) is 6.18 Å². The highest BCUT2D eigenvalue weighted by atomic mass is 19.4. The van der Waals surface area contributed by atoms with Gasteiger partial charge in [0.1, 0.15) is 13.2 Å². The summed E-state index contributed by atoms with van der Waals surface area (Å²) in [7, 11) is 1.41. The number of alkyl halides is 3. The van der Waals surface area contributed by atoms with E-state index in [-0.39, 0.29) is 11.1 Å². The molecule has 3 rings (SSSR count). The normalized spacial score (nSPS) is 14.3. The zero-order chi connectivity index (χ0) is 20.3. The van der Waals surface area contributed by atoms with Crippen LogP contribution in [0.4, 0.5) is 13.2 Å². The smallest absolute Gasteiger partial charge is 0.416 e. The Labute approximate surface area is 158 Å². The molecule has 1 aliphatic rings. The summed E-state index contributed by atoms with van der Waals surface area (Å²) in [6.07, 6.45) is -6.13. The molecule has 1 atom stereocenters. The van der Waals surface area contributed by atoms with Crippen molar-refractivity contribution >= 4 is 5.91 Å². The Bertz CT molecular complexity index is 852. The van der Waals surface area contributed by atoms with Gasteiger partial charge < -0.3 is 24.6 Å². The minimum atomic E-state index is -4.61. The lowest BCUT2D eigenvalue weighted by atomic mass is 10.0. The highest BCUT2D eigenvalue weighted by Crippen LogP contribution is 2.40. The first-order valence-electron chi connectivity index (χ1n) is 8.41. The number of amides is 1. The Hall–Kier alpha value is -2.94. The summed E-state index contributed by atoms with van der Waals surface area (Å²) in [5.41, 5.74) is -1.09. The molecule has 2 aromatic rings. The first-order valence-corrected chi connectivity index (χ1v) is 8.41. The minimum Gasteiger partial charge on any atom is -0.493 e. The summed E-state index contributed by atoms with van der Waals surface area (Å²) in [4.78, 5) is 12.4. The summed E-state index contributed by atoms with van der Waals surface area (Å²) in [6.45, 7) is 0.260. The molecule has 0 saturated heterocycles. The molecule has 28 heavy (non-hydrogen) atoms. The number of hydrogen-bond acceptors (Lipinski definition) is 5. The van der Waals surface area contributed by atoms with E-state index in [0.717, 1.165) is 6.07 Å². The zero-order valence-corrected chi connectivity index (χ0v) is 14.9. The molecule has 6 nitrogen and oxygen atoms in total. The Morgan fingerprint density at radius 1 is 1.25 bits per heavy atom. The lowest BCUT2D eigenvalue weighted by Gasteiger charge is -2.21. The molecule has 1 heterocycles. The van der Waals surface area contributed by atoms with Gasteiger partial charge in [0.15, 0.2) is 11.5 Å². The third kappa shape index (κ3) is 4.14. The van der Waals surface area contributed by atoms with Gasteiger partial charge >= 0.3 is 6.18 Å². The van der Waals surface area contributed by atoms with Crippen molar-refractivity contribution in [3.63, 3.8) is 0 Å². The van der Waals surface area contributed by atoms with Gasteiger partial charge in [-0.1, -0.05) is 18.2 Å². The molecule has 1 aliphatic heterocycles. The van der Waals surface area contributed by atoms with Gasteiger partial charge in [0.25, 0.3) is 5.91 Å². The predicted octanol–water partition coefficient (Wildman–Crippen LogP) is 2.95. The average Bonchev–Trinajstić information content (AvgIpc) is 2.70. The second-order valence-corrected chi connectivity index (χ2v) is 6.01. The van der Waals surface area contributed by atoms with Gasteiger partial charge in [-0.15, -0.1) is 0 Å². The summed E-state index contributed by atoms with van der Waals surface area (Å²) >= 11 is 0. The molecule has 0 saturated carbocycles. The maximum atomic E-state index is 13.1. The number of carbonyl (C=O) groups excluding carboxylic acids is 1. The number of aliphatic hydroxyl groups excluding tert-OH is 1. The summed E-state index contributed by atoms with van der Waals surface area (Å²) in [5.74, 6) is 0.410. The molecular formula is C19H18F3NO5.